The van der Waals surface area contributed by atoms with Gasteiger partial charge in [0.05, 0.1) is 19.8 Å². The molecule has 0 radical (unpaired) electrons. The molecular weight excluding hydrogens is 586 g/mol. The fourth-order valence-corrected chi connectivity index (χ4v) is 5.28. The monoisotopic (exact) mass is 627 g/mol. The second kappa shape index (κ2) is 15.3. The Hall–Kier alpha value is -2.11. The van der Waals surface area contributed by atoms with E-state index in [1.807, 2.05) is 0 Å². The molecule has 0 bridgehead atoms. The Morgan fingerprint density at radius 2 is 0.930 bits per heavy atom. The average Bonchev–Trinajstić information content (AvgIpc) is 2.94. The zero-order valence-corrected chi connectivity index (χ0v) is 23.6. The van der Waals surface area contributed by atoms with Crippen molar-refractivity contribution in [2.24, 2.45) is 0 Å². The van der Waals surface area contributed by atoms with E-state index in [9.17, 15) is 55.2 Å². The lowest BCUT2D eigenvalue weighted by atomic mass is 9.93. The lowest BCUT2D eigenvalue weighted by Crippen LogP contribution is -2.71. The van der Waals surface area contributed by atoms with Crippen LogP contribution in [0, 0.1) is 0 Å². The second-order valence-electron chi connectivity index (χ2n) is 10.5. The van der Waals surface area contributed by atoms with Crippen LogP contribution in [0.25, 0.3) is 0 Å². The van der Waals surface area contributed by atoms with Gasteiger partial charge in [0.2, 0.25) is 17.7 Å². The van der Waals surface area contributed by atoms with Crippen LogP contribution in [0.4, 0.5) is 0 Å². The largest absolute Gasteiger partial charge is 0.394 e. The summed E-state index contributed by atoms with van der Waals surface area (Å²) in [7, 11) is 0. The highest BCUT2D eigenvalue weighted by Gasteiger charge is 2.54. The van der Waals surface area contributed by atoms with Crippen LogP contribution in [0.15, 0.2) is 0 Å². The number of nitrogens with one attached hydrogen (secondary N) is 3. The molecular formula is C24H41N3O16. The van der Waals surface area contributed by atoms with Crippen molar-refractivity contribution in [3.05, 3.63) is 0 Å². The summed E-state index contributed by atoms with van der Waals surface area (Å²) >= 11 is 0. The van der Waals surface area contributed by atoms with Crippen molar-refractivity contribution < 1.29 is 78.9 Å². The highest BCUT2D eigenvalue weighted by atomic mass is 16.7. The highest BCUT2D eigenvalue weighted by molar-refractivity contribution is 5.74. The molecule has 0 unspecified atom stereocenters. The fourth-order valence-electron chi connectivity index (χ4n) is 5.28. The fraction of sp³-hybridized carbons (Fsp3) is 0.875. The molecule has 19 heteroatoms. The SMILES string of the molecule is CC(=O)N[C@@H]1[C@H](O[C@H]2[C@H](O)[C@@H](NC(C)=O)[C@H](O)O[C@H]2CO)O[C@@H](CO)[C@@H](O[C@@H]2O[C@H](CO)[C@@H](O)[C@H](O)[C@@H]2NC(C)=O)[C@@H]1O. The molecule has 0 spiro atoms. The van der Waals surface area contributed by atoms with Gasteiger partial charge in [-0.1, -0.05) is 0 Å². The van der Waals surface area contributed by atoms with Gasteiger partial charge in [-0.2, -0.15) is 0 Å². The van der Waals surface area contributed by atoms with Gasteiger partial charge in [0.1, 0.15) is 73.1 Å². The van der Waals surface area contributed by atoms with E-state index in [1.165, 1.54) is 0 Å². The standard InChI is InChI=1S/C24H41N3O16/c1-7(31)25-13-18(36)20(11(5-29)39-22(13)38)42-24-15(27-9(3)33)19(37)21(12(6-30)41-24)43-23-14(26-8(2)32)17(35)16(34)10(4-28)40-23/h10-24,28-30,34-38H,4-6H2,1-3H3,(H,25,31)(H,26,32)(H,27,33)/t10-,11+,12+,13-,14+,15+,16-,17-,18-,19-,20-,21-,22-,23+,24+/m1/s1. The maximum Gasteiger partial charge on any atom is 0.217 e. The Labute approximate surface area is 245 Å². The number of hydrogen-bond acceptors (Lipinski definition) is 16. The summed E-state index contributed by atoms with van der Waals surface area (Å²) in [5.74, 6) is -1.96. The number of amides is 3. The summed E-state index contributed by atoms with van der Waals surface area (Å²) in [5.41, 5.74) is 0. The van der Waals surface area contributed by atoms with Crippen molar-refractivity contribution in [2.75, 3.05) is 19.8 Å². The number of ether oxygens (including phenoxy) is 5. The number of carbonyl (C=O) groups excluding carboxylic acids is 3. The molecule has 3 amide bonds. The summed E-state index contributed by atoms with van der Waals surface area (Å²) in [4.78, 5) is 35.5. The molecule has 0 aromatic carbocycles. The minimum atomic E-state index is -1.77. The Bertz CT molecular complexity index is 962. The Morgan fingerprint density at radius 3 is 1.37 bits per heavy atom. The highest BCUT2D eigenvalue weighted by Crippen LogP contribution is 2.32. The summed E-state index contributed by atoms with van der Waals surface area (Å²) in [5, 5.41) is 90.0. The van der Waals surface area contributed by atoms with E-state index in [0.29, 0.717) is 0 Å². The Morgan fingerprint density at radius 1 is 0.558 bits per heavy atom. The number of aliphatic hydroxyl groups is 8. The Kier molecular flexibility index (Phi) is 12.5. The minimum Gasteiger partial charge on any atom is -0.394 e. The molecule has 3 heterocycles. The molecule has 3 aliphatic heterocycles. The first-order chi connectivity index (χ1) is 20.2. The molecule has 15 atom stereocenters. The molecule has 19 nitrogen and oxygen atoms in total. The number of carbonyl (C=O) groups is 3. The van der Waals surface area contributed by atoms with E-state index in [0.717, 1.165) is 20.8 Å². The van der Waals surface area contributed by atoms with Gasteiger partial charge in [-0.25, -0.2) is 0 Å². The van der Waals surface area contributed by atoms with E-state index in [4.69, 9.17) is 23.7 Å². The number of aliphatic hydroxyl groups excluding tert-OH is 8. The predicted octanol–water partition coefficient (Wildman–Crippen LogP) is -7.14. The van der Waals surface area contributed by atoms with Crippen LogP contribution in [0.1, 0.15) is 20.8 Å². The maximum absolute atomic E-state index is 12.1. The van der Waals surface area contributed by atoms with Crippen LogP contribution >= 0.6 is 0 Å². The predicted molar refractivity (Wildman–Crippen MR) is 136 cm³/mol. The normalized spacial score (nSPS) is 43.5. The topological polar surface area (TPSA) is 295 Å². The average molecular weight is 628 g/mol. The van der Waals surface area contributed by atoms with Gasteiger partial charge in [0.25, 0.3) is 0 Å². The van der Waals surface area contributed by atoms with Crippen molar-refractivity contribution in [1.29, 1.82) is 0 Å². The van der Waals surface area contributed by atoms with Gasteiger partial charge in [0, 0.05) is 20.8 Å². The number of hydrogen-bond donors (Lipinski definition) is 11. The van der Waals surface area contributed by atoms with Gasteiger partial charge in [-0.15, -0.1) is 0 Å². The van der Waals surface area contributed by atoms with Gasteiger partial charge >= 0.3 is 0 Å². The van der Waals surface area contributed by atoms with Crippen LogP contribution in [-0.4, -0.2) is 170 Å². The maximum atomic E-state index is 12.1. The first-order valence-corrected chi connectivity index (χ1v) is 13.5. The smallest absolute Gasteiger partial charge is 0.217 e. The van der Waals surface area contributed by atoms with E-state index < -0.39 is 129 Å². The molecule has 0 aliphatic carbocycles. The lowest BCUT2D eigenvalue weighted by Gasteiger charge is -2.49. The third-order valence-electron chi connectivity index (χ3n) is 7.30. The van der Waals surface area contributed by atoms with Crippen molar-refractivity contribution in [2.45, 2.75) is 113 Å². The summed E-state index contributed by atoms with van der Waals surface area (Å²) < 4.78 is 28.3. The molecule has 0 saturated carbocycles. The first kappa shape index (κ1) is 35.4. The van der Waals surface area contributed by atoms with Gasteiger partial charge in [-0.3, -0.25) is 14.4 Å². The second-order valence-corrected chi connectivity index (χ2v) is 10.5. The van der Waals surface area contributed by atoms with E-state index in [2.05, 4.69) is 16.0 Å². The van der Waals surface area contributed by atoms with E-state index in [-0.39, 0.29) is 0 Å². The molecule has 248 valence electrons. The molecule has 43 heavy (non-hydrogen) atoms. The van der Waals surface area contributed by atoms with Crippen LogP contribution in [0.2, 0.25) is 0 Å². The van der Waals surface area contributed by atoms with Crippen LogP contribution in [0.5, 0.6) is 0 Å². The first-order valence-electron chi connectivity index (χ1n) is 13.5. The third-order valence-corrected chi connectivity index (χ3v) is 7.30. The van der Waals surface area contributed by atoms with E-state index in [1.54, 1.807) is 0 Å². The van der Waals surface area contributed by atoms with Gasteiger partial charge < -0.3 is 80.5 Å². The van der Waals surface area contributed by atoms with Gasteiger partial charge in [0.15, 0.2) is 18.9 Å². The van der Waals surface area contributed by atoms with Crippen molar-refractivity contribution in [3.63, 3.8) is 0 Å². The zero-order valence-electron chi connectivity index (χ0n) is 23.6. The van der Waals surface area contributed by atoms with Crippen molar-refractivity contribution in [1.82, 2.24) is 16.0 Å². The quantitative estimate of drug-likeness (QED) is 0.107. The van der Waals surface area contributed by atoms with Crippen LogP contribution < -0.4 is 16.0 Å². The molecule has 0 aromatic rings. The summed E-state index contributed by atoms with van der Waals surface area (Å²) in [6, 6.07) is -4.31. The third kappa shape index (κ3) is 8.14. The summed E-state index contributed by atoms with van der Waals surface area (Å²) in [6.45, 7) is 0.995. The van der Waals surface area contributed by atoms with Crippen molar-refractivity contribution >= 4 is 17.7 Å². The molecule has 3 aliphatic rings. The molecule has 11 N–H and O–H groups in total. The van der Waals surface area contributed by atoms with Crippen LogP contribution in [0.3, 0.4) is 0 Å². The summed E-state index contributed by atoms with van der Waals surface area (Å²) in [6.07, 6.45) is -19.0. The molecule has 3 saturated heterocycles. The lowest BCUT2D eigenvalue weighted by molar-refractivity contribution is -0.351. The van der Waals surface area contributed by atoms with Crippen LogP contribution in [-0.2, 0) is 38.1 Å². The molecule has 3 rings (SSSR count). The number of rotatable bonds is 10. The van der Waals surface area contributed by atoms with E-state index >= 15 is 0 Å². The van der Waals surface area contributed by atoms with Gasteiger partial charge in [-0.05, 0) is 0 Å². The Balaban J connectivity index is 1.89. The zero-order chi connectivity index (χ0) is 32.2. The molecule has 3 fully saturated rings. The minimum absolute atomic E-state index is 0.628. The molecule has 0 aromatic heterocycles. The van der Waals surface area contributed by atoms with Crippen molar-refractivity contribution in [3.8, 4) is 0 Å².